The number of halogens is 3. The Morgan fingerprint density at radius 2 is 1.67 bits per heavy atom. The van der Waals surface area contributed by atoms with Crippen LogP contribution in [0.3, 0.4) is 0 Å². The highest BCUT2D eigenvalue weighted by Gasteiger charge is 2.20. The van der Waals surface area contributed by atoms with Crippen molar-refractivity contribution >= 4 is 11.9 Å². The number of hydrogen-bond acceptors (Lipinski definition) is 7. The number of nitrogens with zero attached hydrogens (tertiary/aromatic N) is 4. The molecule has 8 nitrogen and oxygen atoms in total. The van der Waals surface area contributed by atoms with Gasteiger partial charge in [-0.3, -0.25) is 4.79 Å². The molecular formula is C22H17F3N6O2. The van der Waals surface area contributed by atoms with Crippen LogP contribution in [0.25, 0.3) is 11.5 Å². The summed E-state index contributed by atoms with van der Waals surface area (Å²) in [4.78, 5) is 20.7. The van der Waals surface area contributed by atoms with Gasteiger partial charge in [0, 0.05) is 30.1 Å². The number of aromatic nitrogens is 4. The van der Waals surface area contributed by atoms with Gasteiger partial charge in [0.05, 0.1) is 11.6 Å². The second kappa shape index (κ2) is 9.90. The van der Waals surface area contributed by atoms with Crippen molar-refractivity contribution in [1.82, 2.24) is 25.5 Å². The number of carbonyl (C=O) groups excluding carboxylic acids is 1. The van der Waals surface area contributed by atoms with Crippen LogP contribution in [0, 0.1) is 5.82 Å². The molecule has 1 unspecified atom stereocenters. The first kappa shape index (κ1) is 21.9. The van der Waals surface area contributed by atoms with Gasteiger partial charge in [0.15, 0.2) is 0 Å². The lowest BCUT2D eigenvalue weighted by molar-refractivity contribution is 0.0951. The summed E-state index contributed by atoms with van der Waals surface area (Å²) in [6, 6.07) is 14.0. The molecule has 2 aromatic heterocycles. The summed E-state index contributed by atoms with van der Waals surface area (Å²) in [5.41, 5.74) is 1.00. The van der Waals surface area contributed by atoms with Gasteiger partial charge in [-0.05, 0) is 18.2 Å². The van der Waals surface area contributed by atoms with Crippen LogP contribution in [0.1, 0.15) is 34.3 Å². The number of benzene rings is 2. The summed E-state index contributed by atoms with van der Waals surface area (Å²) >= 11 is 0. The Morgan fingerprint density at radius 3 is 2.33 bits per heavy atom. The molecule has 2 aromatic carbocycles. The van der Waals surface area contributed by atoms with Crippen molar-refractivity contribution in [2.75, 3.05) is 11.9 Å². The molecule has 0 aliphatic heterocycles. The molecule has 0 bridgehead atoms. The fourth-order valence-corrected chi connectivity index (χ4v) is 2.99. The Balaban J connectivity index is 1.51. The van der Waals surface area contributed by atoms with Gasteiger partial charge in [-0.15, -0.1) is 10.2 Å². The summed E-state index contributed by atoms with van der Waals surface area (Å²) in [6.45, 7) is 0.0428. The van der Waals surface area contributed by atoms with Crippen LogP contribution in [0.15, 0.2) is 71.4 Å². The van der Waals surface area contributed by atoms with E-state index < -0.39 is 24.2 Å². The fraction of sp³-hybridized carbons (Fsp3) is 0.136. The van der Waals surface area contributed by atoms with Gasteiger partial charge in [-0.25, -0.2) is 14.4 Å². The van der Waals surface area contributed by atoms with Crippen molar-refractivity contribution in [1.29, 1.82) is 0 Å². The Labute approximate surface area is 185 Å². The molecule has 1 amide bonds. The monoisotopic (exact) mass is 454 g/mol. The molecule has 0 fully saturated rings. The van der Waals surface area contributed by atoms with Crippen LogP contribution in [-0.4, -0.2) is 32.6 Å². The summed E-state index contributed by atoms with van der Waals surface area (Å²) < 4.78 is 44.6. The van der Waals surface area contributed by atoms with Gasteiger partial charge >= 0.3 is 6.43 Å². The Morgan fingerprint density at radius 1 is 0.970 bits per heavy atom. The van der Waals surface area contributed by atoms with E-state index in [1.54, 1.807) is 48.5 Å². The van der Waals surface area contributed by atoms with Crippen molar-refractivity contribution in [3.05, 3.63) is 89.8 Å². The van der Waals surface area contributed by atoms with E-state index in [4.69, 9.17) is 4.42 Å². The normalized spacial score (nSPS) is 11.9. The molecule has 0 spiro atoms. The lowest BCUT2D eigenvalue weighted by Crippen LogP contribution is -2.32. The minimum atomic E-state index is -2.89. The quantitative estimate of drug-likeness (QED) is 0.411. The molecule has 1 atom stereocenters. The van der Waals surface area contributed by atoms with E-state index in [0.29, 0.717) is 11.1 Å². The zero-order chi connectivity index (χ0) is 23.2. The van der Waals surface area contributed by atoms with Crippen molar-refractivity contribution in [3.8, 4) is 11.5 Å². The highest BCUT2D eigenvalue weighted by molar-refractivity contribution is 5.94. The van der Waals surface area contributed by atoms with Crippen LogP contribution in [0.2, 0.25) is 0 Å². The standard InChI is InChI=1S/C22H17F3N6O2/c23-16-9-5-4-8-15(16)17(12-26-19(32)13-6-2-1-3-7-13)29-22-27-10-14(11-28-22)20-30-31-21(33-20)18(24)25/h1-11,17-18H,12H2,(H,26,32)(H,27,28,29). The number of nitrogens with one attached hydrogen (secondary N) is 2. The lowest BCUT2D eigenvalue weighted by Gasteiger charge is -2.20. The number of hydrogen-bond donors (Lipinski definition) is 2. The molecule has 33 heavy (non-hydrogen) atoms. The van der Waals surface area contributed by atoms with Gasteiger partial charge in [0.2, 0.25) is 5.95 Å². The second-order valence-corrected chi connectivity index (χ2v) is 6.84. The number of amides is 1. The highest BCUT2D eigenvalue weighted by Crippen LogP contribution is 2.24. The SMILES string of the molecule is O=C(NCC(Nc1ncc(-c2nnc(C(F)F)o2)cn1)c1ccccc1F)c1ccccc1. The number of rotatable bonds is 8. The van der Waals surface area contributed by atoms with Crippen LogP contribution >= 0.6 is 0 Å². The molecule has 2 N–H and O–H groups in total. The van der Waals surface area contributed by atoms with Crippen LogP contribution in [0.5, 0.6) is 0 Å². The third kappa shape index (κ3) is 5.32. The molecule has 168 valence electrons. The number of carbonyl (C=O) groups is 1. The molecule has 0 saturated heterocycles. The van der Waals surface area contributed by atoms with Crippen molar-refractivity contribution in [3.63, 3.8) is 0 Å². The zero-order valence-corrected chi connectivity index (χ0v) is 17.0. The Hall–Kier alpha value is -4.28. The predicted molar refractivity (Wildman–Crippen MR) is 112 cm³/mol. The van der Waals surface area contributed by atoms with Crippen molar-refractivity contribution in [2.45, 2.75) is 12.5 Å². The Bertz CT molecular complexity index is 1220. The lowest BCUT2D eigenvalue weighted by atomic mass is 10.1. The smallest absolute Gasteiger partial charge is 0.314 e. The highest BCUT2D eigenvalue weighted by atomic mass is 19.3. The average Bonchev–Trinajstić information content (AvgIpc) is 3.34. The summed E-state index contributed by atoms with van der Waals surface area (Å²) in [5, 5.41) is 12.5. The largest absolute Gasteiger partial charge is 0.415 e. The van der Waals surface area contributed by atoms with Gasteiger partial charge in [-0.2, -0.15) is 8.78 Å². The minimum absolute atomic E-state index is 0.0428. The van der Waals surface area contributed by atoms with Crippen molar-refractivity contribution < 1.29 is 22.4 Å². The van der Waals surface area contributed by atoms with E-state index in [9.17, 15) is 18.0 Å². The van der Waals surface area contributed by atoms with Gasteiger partial charge in [0.1, 0.15) is 5.82 Å². The number of anilines is 1. The van der Waals surface area contributed by atoms with E-state index in [0.717, 1.165) is 0 Å². The van der Waals surface area contributed by atoms with Crippen molar-refractivity contribution in [2.24, 2.45) is 0 Å². The van der Waals surface area contributed by atoms with E-state index in [-0.39, 0.29) is 29.9 Å². The predicted octanol–water partition coefficient (Wildman–Crippen LogP) is 4.19. The third-order valence-corrected chi connectivity index (χ3v) is 4.61. The van der Waals surface area contributed by atoms with Crippen LogP contribution < -0.4 is 10.6 Å². The molecule has 11 heteroatoms. The molecule has 0 aliphatic rings. The van der Waals surface area contributed by atoms with Crippen LogP contribution in [-0.2, 0) is 0 Å². The molecule has 4 rings (SSSR count). The third-order valence-electron chi connectivity index (χ3n) is 4.61. The minimum Gasteiger partial charge on any atom is -0.415 e. The zero-order valence-electron chi connectivity index (χ0n) is 17.0. The van der Waals surface area contributed by atoms with E-state index >= 15 is 0 Å². The van der Waals surface area contributed by atoms with Gasteiger partial charge in [-0.1, -0.05) is 36.4 Å². The molecule has 0 radical (unpaired) electrons. The van der Waals surface area contributed by atoms with Crippen LogP contribution in [0.4, 0.5) is 19.1 Å². The molecule has 4 aromatic rings. The first-order valence-electron chi connectivity index (χ1n) is 9.79. The van der Waals surface area contributed by atoms with E-state index in [1.807, 2.05) is 0 Å². The first-order valence-corrected chi connectivity index (χ1v) is 9.79. The van der Waals surface area contributed by atoms with Gasteiger partial charge in [0.25, 0.3) is 17.7 Å². The number of alkyl halides is 2. The van der Waals surface area contributed by atoms with E-state index in [1.165, 1.54) is 18.5 Å². The topological polar surface area (TPSA) is 106 Å². The summed E-state index contributed by atoms with van der Waals surface area (Å²) in [5.74, 6) is -1.62. The summed E-state index contributed by atoms with van der Waals surface area (Å²) in [6.07, 6.45) is -0.279. The molecule has 0 aliphatic carbocycles. The maximum atomic E-state index is 14.5. The maximum absolute atomic E-state index is 14.5. The molecule has 2 heterocycles. The van der Waals surface area contributed by atoms with E-state index in [2.05, 4.69) is 30.8 Å². The average molecular weight is 454 g/mol. The molecule has 0 saturated carbocycles. The Kier molecular flexibility index (Phi) is 6.58. The first-order chi connectivity index (χ1) is 16.0. The van der Waals surface area contributed by atoms with Gasteiger partial charge < -0.3 is 15.1 Å². The summed E-state index contributed by atoms with van der Waals surface area (Å²) in [7, 11) is 0. The second-order valence-electron chi connectivity index (χ2n) is 6.84. The molecular weight excluding hydrogens is 437 g/mol. The fourth-order valence-electron chi connectivity index (χ4n) is 2.99. The maximum Gasteiger partial charge on any atom is 0.314 e.